The van der Waals surface area contributed by atoms with Gasteiger partial charge in [-0.15, -0.1) is 0 Å². The van der Waals surface area contributed by atoms with Crippen LogP contribution >= 0.6 is 11.6 Å². The number of carbonyl (C=O) groups is 1. The summed E-state index contributed by atoms with van der Waals surface area (Å²) in [6, 6.07) is 1.90. The summed E-state index contributed by atoms with van der Waals surface area (Å²) in [5.74, 6) is -0.752. The third-order valence-corrected chi connectivity index (χ3v) is 2.63. The molecule has 18 heavy (non-hydrogen) atoms. The fourth-order valence-corrected chi connectivity index (χ4v) is 1.79. The van der Waals surface area contributed by atoms with Crippen molar-refractivity contribution in [3.8, 4) is 0 Å². The Morgan fingerprint density at radius 3 is 2.61 bits per heavy atom. The van der Waals surface area contributed by atoms with E-state index in [9.17, 15) is 19.3 Å². The molecule has 0 fully saturated rings. The smallest absolute Gasteiger partial charge is 0.274 e. The van der Waals surface area contributed by atoms with E-state index in [1.54, 1.807) is 0 Å². The molecule has 1 aromatic carbocycles. The van der Waals surface area contributed by atoms with Gasteiger partial charge < -0.3 is 0 Å². The Bertz CT molecular complexity index is 488. The minimum Gasteiger partial charge on any atom is -0.299 e. The molecule has 0 unspecified atom stereocenters. The normalized spacial score (nSPS) is 10.7. The Hall–Kier alpha value is -1.49. The van der Waals surface area contributed by atoms with Crippen LogP contribution in [-0.2, 0) is 11.2 Å². The highest BCUT2D eigenvalue weighted by Crippen LogP contribution is 2.27. The third-order valence-electron chi connectivity index (χ3n) is 2.34. The largest absolute Gasteiger partial charge is 0.299 e. The summed E-state index contributed by atoms with van der Waals surface area (Å²) < 4.78 is 13.3. The second-order valence-corrected chi connectivity index (χ2v) is 4.87. The van der Waals surface area contributed by atoms with Gasteiger partial charge in [-0.1, -0.05) is 25.4 Å². The minimum atomic E-state index is -0.755. The number of hydrogen-bond donors (Lipinski definition) is 0. The van der Waals surface area contributed by atoms with Crippen LogP contribution in [0.25, 0.3) is 0 Å². The molecule has 1 aromatic rings. The van der Waals surface area contributed by atoms with Gasteiger partial charge in [-0.25, -0.2) is 4.39 Å². The van der Waals surface area contributed by atoms with Crippen LogP contribution in [0.3, 0.4) is 0 Å². The van der Waals surface area contributed by atoms with Crippen LogP contribution in [0.4, 0.5) is 10.1 Å². The molecule has 0 aliphatic rings. The fraction of sp³-hybridized carbons (Fsp3) is 0.417. The fourth-order valence-electron chi connectivity index (χ4n) is 1.63. The van der Waals surface area contributed by atoms with E-state index in [-0.39, 0.29) is 34.4 Å². The van der Waals surface area contributed by atoms with Crippen LogP contribution in [0.5, 0.6) is 0 Å². The van der Waals surface area contributed by atoms with E-state index in [4.69, 9.17) is 11.6 Å². The molecule has 0 radical (unpaired) electrons. The van der Waals surface area contributed by atoms with Gasteiger partial charge in [0.1, 0.15) is 11.6 Å². The van der Waals surface area contributed by atoms with Crippen molar-refractivity contribution < 1.29 is 14.1 Å². The first-order valence-electron chi connectivity index (χ1n) is 5.45. The Kier molecular flexibility index (Phi) is 4.78. The Balaban J connectivity index is 3.04. The van der Waals surface area contributed by atoms with Gasteiger partial charge in [-0.05, 0) is 12.0 Å². The molecule has 0 spiro atoms. The van der Waals surface area contributed by atoms with E-state index in [1.165, 1.54) is 0 Å². The number of hydrogen-bond acceptors (Lipinski definition) is 3. The molecule has 0 atom stereocenters. The Labute approximate surface area is 109 Å². The number of halogens is 2. The predicted octanol–water partition coefficient (Wildman–Crippen LogP) is 3.55. The number of benzene rings is 1. The van der Waals surface area contributed by atoms with Crippen molar-refractivity contribution in [2.24, 2.45) is 5.92 Å². The number of carbonyl (C=O) groups excluding carboxylic acids is 1. The van der Waals surface area contributed by atoms with Gasteiger partial charge in [0.2, 0.25) is 0 Å². The van der Waals surface area contributed by atoms with Gasteiger partial charge >= 0.3 is 0 Å². The SMILES string of the molecule is CC(C)CC(=O)Cc1cc(F)c(Cl)cc1[N+](=O)[O-]. The van der Waals surface area contributed by atoms with E-state index in [2.05, 4.69) is 0 Å². The molecule has 0 saturated carbocycles. The summed E-state index contributed by atoms with van der Waals surface area (Å²) >= 11 is 5.49. The number of nitro groups is 1. The Morgan fingerprint density at radius 2 is 2.11 bits per heavy atom. The molecule has 0 N–H and O–H groups in total. The second-order valence-electron chi connectivity index (χ2n) is 4.47. The molecular weight excluding hydrogens is 261 g/mol. The molecule has 0 aliphatic carbocycles. The highest BCUT2D eigenvalue weighted by atomic mass is 35.5. The van der Waals surface area contributed by atoms with Crippen LogP contribution < -0.4 is 0 Å². The molecule has 0 aliphatic heterocycles. The molecule has 4 nitrogen and oxygen atoms in total. The van der Waals surface area contributed by atoms with Crippen molar-refractivity contribution in [3.63, 3.8) is 0 Å². The first kappa shape index (κ1) is 14.6. The molecular formula is C12H13ClFNO3. The van der Waals surface area contributed by atoms with Crippen molar-refractivity contribution in [1.82, 2.24) is 0 Å². The van der Waals surface area contributed by atoms with Gasteiger partial charge in [-0.3, -0.25) is 14.9 Å². The number of nitrogens with zero attached hydrogens (tertiary/aromatic N) is 1. The monoisotopic (exact) mass is 273 g/mol. The maximum Gasteiger partial charge on any atom is 0.274 e. The van der Waals surface area contributed by atoms with Crippen molar-refractivity contribution in [2.75, 3.05) is 0 Å². The molecule has 0 aromatic heterocycles. The first-order valence-corrected chi connectivity index (χ1v) is 5.83. The van der Waals surface area contributed by atoms with Crippen LogP contribution in [0.2, 0.25) is 5.02 Å². The third kappa shape index (κ3) is 3.77. The van der Waals surface area contributed by atoms with E-state index in [0.29, 0.717) is 6.42 Å². The number of Topliss-reactive ketones (excluding diaryl/α,β-unsaturated/α-hetero) is 1. The lowest BCUT2D eigenvalue weighted by atomic mass is 10.00. The molecule has 0 amide bonds. The molecule has 1 rings (SSSR count). The van der Waals surface area contributed by atoms with Crippen LogP contribution in [0, 0.1) is 21.8 Å². The number of ketones is 1. The molecule has 0 bridgehead atoms. The zero-order valence-corrected chi connectivity index (χ0v) is 10.8. The average Bonchev–Trinajstić information content (AvgIpc) is 2.21. The highest BCUT2D eigenvalue weighted by Gasteiger charge is 2.20. The molecule has 0 heterocycles. The maximum absolute atomic E-state index is 13.3. The molecule has 98 valence electrons. The van der Waals surface area contributed by atoms with Crippen LogP contribution in [0.15, 0.2) is 12.1 Å². The van der Waals surface area contributed by atoms with E-state index >= 15 is 0 Å². The number of rotatable bonds is 5. The van der Waals surface area contributed by atoms with Crippen LogP contribution in [0.1, 0.15) is 25.8 Å². The summed E-state index contributed by atoms with van der Waals surface area (Å²) in [5.41, 5.74) is -0.258. The zero-order valence-electron chi connectivity index (χ0n) is 10.1. The lowest BCUT2D eigenvalue weighted by Gasteiger charge is -2.06. The van der Waals surface area contributed by atoms with E-state index < -0.39 is 10.7 Å². The first-order chi connectivity index (χ1) is 8.31. The van der Waals surface area contributed by atoms with Gasteiger partial charge in [0.25, 0.3) is 5.69 Å². The lowest BCUT2D eigenvalue weighted by Crippen LogP contribution is -2.08. The summed E-state index contributed by atoms with van der Waals surface area (Å²) in [4.78, 5) is 21.8. The summed E-state index contributed by atoms with van der Waals surface area (Å²) in [5, 5.41) is 10.5. The average molecular weight is 274 g/mol. The van der Waals surface area contributed by atoms with E-state index in [0.717, 1.165) is 12.1 Å². The summed E-state index contributed by atoms with van der Waals surface area (Å²) in [6.45, 7) is 3.74. The van der Waals surface area contributed by atoms with Crippen molar-refractivity contribution in [3.05, 3.63) is 38.7 Å². The van der Waals surface area contributed by atoms with Gasteiger partial charge in [0, 0.05) is 24.5 Å². The van der Waals surface area contributed by atoms with Gasteiger partial charge in [0.05, 0.1) is 9.95 Å². The standard InChI is InChI=1S/C12H13ClFNO3/c1-7(2)3-9(16)4-8-5-11(14)10(13)6-12(8)15(17)18/h5-7H,3-4H2,1-2H3. The Morgan fingerprint density at radius 1 is 1.50 bits per heavy atom. The van der Waals surface area contributed by atoms with Crippen molar-refractivity contribution in [1.29, 1.82) is 0 Å². The minimum absolute atomic E-state index is 0.0625. The van der Waals surface area contributed by atoms with Crippen LogP contribution in [-0.4, -0.2) is 10.7 Å². The number of nitro benzene ring substituents is 1. The maximum atomic E-state index is 13.3. The lowest BCUT2D eigenvalue weighted by molar-refractivity contribution is -0.385. The molecule has 0 saturated heterocycles. The topological polar surface area (TPSA) is 60.2 Å². The predicted molar refractivity (Wildman–Crippen MR) is 66.2 cm³/mol. The summed E-state index contributed by atoms with van der Waals surface area (Å²) in [6.07, 6.45) is 0.157. The summed E-state index contributed by atoms with van der Waals surface area (Å²) in [7, 11) is 0. The highest BCUT2D eigenvalue weighted by molar-refractivity contribution is 6.31. The van der Waals surface area contributed by atoms with Crippen molar-refractivity contribution in [2.45, 2.75) is 26.7 Å². The van der Waals surface area contributed by atoms with Crippen molar-refractivity contribution >= 4 is 23.1 Å². The quantitative estimate of drug-likeness (QED) is 0.609. The van der Waals surface area contributed by atoms with Gasteiger partial charge in [0.15, 0.2) is 0 Å². The van der Waals surface area contributed by atoms with E-state index in [1.807, 2.05) is 13.8 Å². The van der Waals surface area contributed by atoms with Gasteiger partial charge in [-0.2, -0.15) is 0 Å². The zero-order chi connectivity index (χ0) is 13.9. The molecule has 6 heteroatoms. The second kappa shape index (κ2) is 5.91.